The van der Waals surface area contributed by atoms with Gasteiger partial charge in [0.25, 0.3) is 0 Å². The predicted octanol–water partition coefficient (Wildman–Crippen LogP) is 5.44. The van der Waals surface area contributed by atoms with Crippen LogP contribution in [0.4, 0.5) is 0 Å². The number of aliphatic carboxylic acids is 1. The number of rotatable bonds is 10. The van der Waals surface area contributed by atoms with Gasteiger partial charge in [0.2, 0.25) is 5.91 Å². The minimum atomic E-state index is -1.00. The maximum Gasteiger partial charge on any atom is 0.323 e. The molecule has 1 aliphatic heterocycles. The summed E-state index contributed by atoms with van der Waals surface area (Å²) in [6, 6.07) is 24.4. The van der Waals surface area contributed by atoms with Gasteiger partial charge in [0.1, 0.15) is 17.9 Å². The van der Waals surface area contributed by atoms with E-state index in [1.54, 1.807) is 0 Å². The number of carboxylic acid groups (broad SMARTS) is 1. The van der Waals surface area contributed by atoms with E-state index < -0.39 is 5.97 Å². The fourth-order valence-corrected chi connectivity index (χ4v) is 4.89. The second kappa shape index (κ2) is 11.0. The number of ether oxygens (including phenoxy) is 1. The van der Waals surface area contributed by atoms with Gasteiger partial charge in [-0.3, -0.25) is 9.59 Å². The third-order valence-electron chi connectivity index (χ3n) is 6.82. The number of hydrogen-bond donors (Lipinski definition) is 1. The van der Waals surface area contributed by atoms with Crippen molar-refractivity contribution in [3.05, 3.63) is 101 Å². The molecule has 0 aliphatic carbocycles. The molecule has 0 saturated carbocycles. The predicted molar refractivity (Wildman–Crippen MR) is 141 cm³/mol. The largest absolute Gasteiger partial charge is 0.487 e. The molecule has 188 valence electrons. The van der Waals surface area contributed by atoms with Gasteiger partial charge < -0.3 is 14.7 Å². The molecular formula is C31H35NO4. The Kier molecular flexibility index (Phi) is 7.78. The minimum Gasteiger partial charge on any atom is -0.487 e. The average molecular weight is 486 g/mol. The van der Waals surface area contributed by atoms with Gasteiger partial charge in [0.15, 0.2) is 0 Å². The molecule has 1 N–H and O–H groups in total. The summed E-state index contributed by atoms with van der Waals surface area (Å²) in [5, 5.41) is 9.33. The molecule has 4 rings (SSSR count). The van der Waals surface area contributed by atoms with E-state index in [1.807, 2.05) is 48.5 Å². The standard InChI is InChI=1S/C31H35NO4/c1-22(2)26-12-9-24(10-13-26)19-31(3)20-27-17-25(11-14-28(27)36-31)18-29(33)32(21-30(34)35)16-15-23-7-5-4-6-8-23/h4-14,17,22H,15-16,18-21H2,1-3H3,(H,34,35). The van der Waals surface area contributed by atoms with Crippen LogP contribution in [-0.4, -0.2) is 40.6 Å². The zero-order chi connectivity index (χ0) is 25.7. The highest BCUT2D eigenvalue weighted by Gasteiger charge is 2.35. The fourth-order valence-electron chi connectivity index (χ4n) is 4.89. The van der Waals surface area contributed by atoms with E-state index in [2.05, 4.69) is 45.0 Å². The number of nitrogens with zero attached hydrogens (tertiary/aromatic N) is 1. The summed E-state index contributed by atoms with van der Waals surface area (Å²) in [5.74, 6) is 0.183. The lowest BCUT2D eigenvalue weighted by atomic mass is 9.90. The Labute approximate surface area is 213 Å². The maximum atomic E-state index is 13.0. The Morgan fingerprint density at radius 2 is 1.67 bits per heavy atom. The lowest BCUT2D eigenvalue weighted by Crippen LogP contribution is -2.38. The Bertz CT molecular complexity index is 1200. The normalized spacial score (nSPS) is 16.4. The van der Waals surface area contributed by atoms with E-state index in [-0.39, 0.29) is 24.5 Å². The molecule has 1 unspecified atom stereocenters. The summed E-state index contributed by atoms with van der Waals surface area (Å²) in [6.45, 7) is 6.59. The summed E-state index contributed by atoms with van der Waals surface area (Å²) in [4.78, 5) is 25.9. The van der Waals surface area contributed by atoms with Crippen molar-refractivity contribution in [3.63, 3.8) is 0 Å². The molecule has 0 aromatic heterocycles. The molecule has 1 heterocycles. The first-order chi connectivity index (χ1) is 17.2. The van der Waals surface area contributed by atoms with Crippen LogP contribution in [0.5, 0.6) is 5.75 Å². The molecule has 5 nitrogen and oxygen atoms in total. The zero-order valence-corrected chi connectivity index (χ0v) is 21.4. The number of hydrogen-bond acceptors (Lipinski definition) is 3. The Morgan fingerprint density at radius 3 is 2.33 bits per heavy atom. The second-order valence-corrected chi connectivity index (χ2v) is 10.4. The van der Waals surface area contributed by atoms with Crippen molar-refractivity contribution in [1.29, 1.82) is 0 Å². The van der Waals surface area contributed by atoms with Gasteiger partial charge in [0.05, 0.1) is 6.42 Å². The number of carbonyl (C=O) groups excluding carboxylic acids is 1. The fraction of sp³-hybridized carbons (Fsp3) is 0.355. The SMILES string of the molecule is CC(C)c1ccc(CC2(C)Cc3cc(CC(=O)N(CCc4ccccc4)CC(=O)O)ccc3O2)cc1. The highest BCUT2D eigenvalue weighted by atomic mass is 16.5. The van der Waals surface area contributed by atoms with Gasteiger partial charge in [-0.15, -0.1) is 0 Å². The lowest BCUT2D eigenvalue weighted by molar-refractivity contribution is -0.144. The highest BCUT2D eigenvalue weighted by Crippen LogP contribution is 2.37. The summed E-state index contributed by atoms with van der Waals surface area (Å²) in [5.41, 5.74) is 5.28. The van der Waals surface area contributed by atoms with Crippen LogP contribution in [0.3, 0.4) is 0 Å². The monoisotopic (exact) mass is 485 g/mol. The van der Waals surface area contributed by atoms with Gasteiger partial charge >= 0.3 is 5.97 Å². The van der Waals surface area contributed by atoms with E-state index in [4.69, 9.17) is 4.74 Å². The van der Waals surface area contributed by atoms with Crippen molar-refractivity contribution in [2.45, 2.75) is 58.0 Å². The Hall–Kier alpha value is -3.60. The van der Waals surface area contributed by atoms with Gasteiger partial charge in [0, 0.05) is 19.4 Å². The third kappa shape index (κ3) is 6.54. The highest BCUT2D eigenvalue weighted by molar-refractivity contribution is 5.83. The van der Waals surface area contributed by atoms with Crippen LogP contribution in [0.1, 0.15) is 54.5 Å². The molecule has 0 saturated heterocycles. The summed E-state index contributed by atoms with van der Waals surface area (Å²) in [7, 11) is 0. The first-order valence-corrected chi connectivity index (χ1v) is 12.6. The van der Waals surface area contributed by atoms with Crippen molar-refractivity contribution < 1.29 is 19.4 Å². The smallest absolute Gasteiger partial charge is 0.323 e. The van der Waals surface area contributed by atoms with Gasteiger partial charge in [-0.05, 0) is 53.1 Å². The van der Waals surface area contributed by atoms with Crippen molar-refractivity contribution in [2.24, 2.45) is 0 Å². The van der Waals surface area contributed by atoms with E-state index in [1.165, 1.54) is 16.0 Å². The molecule has 0 radical (unpaired) electrons. The summed E-state index contributed by atoms with van der Waals surface area (Å²) < 4.78 is 6.35. The molecule has 5 heteroatoms. The number of carbonyl (C=O) groups is 2. The summed E-state index contributed by atoms with van der Waals surface area (Å²) in [6.07, 6.45) is 2.36. The van der Waals surface area contributed by atoms with Gasteiger partial charge in [-0.2, -0.15) is 0 Å². The first kappa shape index (κ1) is 25.5. The quantitative estimate of drug-likeness (QED) is 0.415. The zero-order valence-electron chi connectivity index (χ0n) is 21.4. The number of fused-ring (bicyclic) bond motifs is 1. The van der Waals surface area contributed by atoms with Crippen molar-refractivity contribution in [2.75, 3.05) is 13.1 Å². The number of amides is 1. The lowest BCUT2D eigenvalue weighted by Gasteiger charge is -2.24. The van der Waals surface area contributed by atoms with Gasteiger partial charge in [-0.25, -0.2) is 0 Å². The van der Waals surface area contributed by atoms with Crippen LogP contribution in [0, 0.1) is 0 Å². The van der Waals surface area contributed by atoms with Crippen LogP contribution in [0.2, 0.25) is 0 Å². The molecule has 1 amide bonds. The van der Waals surface area contributed by atoms with Gasteiger partial charge in [-0.1, -0.05) is 80.6 Å². The van der Waals surface area contributed by atoms with Crippen molar-refractivity contribution in [3.8, 4) is 5.75 Å². The molecule has 36 heavy (non-hydrogen) atoms. The summed E-state index contributed by atoms with van der Waals surface area (Å²) >= 11 is 0. The van der Waals surface area contributed by atoms with Crippen molar-refractivity contribution in [1.82, 2.24) is 4.90 Å². The van der Waals surface area contributed by atoms with Crippen LogP contribution < -0.4 is 4.74 Å². The Balaban J connectivity index is 1.40. The third-order valence-corrected chi connectivity index (χ3v) is 6.82. The van der Waals surface area contributed by atoms with Crippen LogP contribution in [0.15, 0.2) is 72.8 Å². The molecule has 0 spiro atoms. The maximum absolute atomic E-state index is 13.0. The van der Waals surface area contributed by atoms with E-state index in [9.17, 15) is 14.7 Å². The molecule has 0 fully saturated rings. The molecule has 0 bridgehead atoms. The van der Waals surface area contributed by atoms with Crippen molar-refractivity contribution >= 4 is 11.9 Å². The molecular weight excluding hydrogens is 450 g/mol. The number of carboxylic acids is 1. The topological polar surface area (TPSA) is 66.8 Å². The number of benzene rings is 3. The molecule has 3 aromatic carbocycles. The van der Waals surface area contributed by atoms with E-state index >= 15 is 0 Å². The van der Waals surface area contributed by atoms with Crippen LogP contribution in [-0.2, 0) is 35.3 Å². The van der Waals surface area contributed by atoms with Crippen LogP contribution >= 0.6 is 0 Å². The van der Waals surface area contributed by atoms with Crippen LogP contribution in [0.25, 0.3) is 0 Å². The molecule has 1 aliphatic rings. The second-order valence-electron chi connectivity index (χ2n) is 10.4. The van der Waals surface area contributed by atoms with E-state index in [0.717, 1.165) is 35.3 Å². The van der Waals surface area contributed by atoms with E-state index in [0.29, 0.717) is 18.9 Å². The molecule has 3 aromatic rings. The Morgan fingerprint density at radius 1 is 0.972 bits per heavy atom. The average Bonchev–Trinajstić information content (AvgIpc) is 3.17. The first-order valence-electron chi connectivity index (χ1n) is 12.6. The molecule has 1 atom stereocenters. The minimum absolute atomic E-state index is 0.169.